The lowest BCUT2D eigenvalue weighted by Crippen LogP contribution is -2.54. The molecule has 6 nitrogen and oxygen atoms in total. The van der Waals surface area contributed by atoms with Crippen LogP contribution in [0.2, 0.25) is 5.02 Å². The quantitative estimate of drug-likeness (QED) is 0.848. The fourth-order valence-corrected chi connectivity index (χ4v) is 4.70. The maximum Gasteiger partial charge on any atom is 0.244 e. The molecule has 0 unspecified atom stereocenters. The highest BCUT2D eigenvalue weighted by Gasteiger charge is 2.32. The molecule has 2 rings (SSSR count). The summed E-state index contributed by atoms with van der Waals surface area (Å²) in [6, 6.07) is 5.85. The van der Waals surface area contributed by atoms with Crippen molar-refractivity contribution in [3.63, 3.8) is 0 Å². The number of piperazine rings is 1. The van der Waals surface area contributed by atoms with Crippen LogP contribution in [-0.2, 0) is 14.8 Å². The molecular formula is C16H24ClN3O3S. The fourth-order valence-electron chi connectivity index (χ4n) is 2.79. The number of halogens is 1. The molecule has 1 aliphatic heterocycles. The van der Waals surface area contributed by atoms with Gasteiger partial charge in [-0.3, -0.25) is 4.79 Å². The van der Waals surface area contributed by atoms with Crippen molar-refractivity contribution in [2.24, 2.45) is 11.7 Å². The highest BCUT2D eigenvalue weighted by molar-refractivity contribution is 7.89. The average molecular weight is 374 g/mol. The smallest absolute Gasteiger partial charge is 0.244 e. The van der Waals surface area contributed by atoms with Gasteiger partial charge in [-0.25, -0.2) is 8.42 Å². The molecule has 0 spiro atoms. The summed E-state index contributed by atoms with van der Waals surface area (Å²) in [5, 5.41) is 0.204. The predicted octanol–water partition coefficient (Wildman–Crippen LogP) is 1.55. The summed E-state index contributed by atoms with van der Waals surface area (Å²) < 4.78 is 26.7. The van der Waals surface area contributed by atoms with Crippen LogP contribution < -0.4 is 5.73 Å². The van der Waals surface area contributed by atoms with E-state index in [9.17, 15) is 13.2 Å². The minimum atomic E-state index is -3.65. The Balaban J connectivity index is 2.02. The molecular weight excluding hydrogens is 350 g/mol. The number of carbonyl (C=O) groups excluding carboxylic acids is 1. The first kappa shape index (κ1) is 19.2. The standard InChI is InChI=1S/C16H24ClN3O3S/c1-12(2)11-14(18)16(21)19-7-9-20(10-8-19)24(22,23)15-6-4-3-5-13(15)17/h3-6,12,14H,7-11,18H2,1-2H3/t14-/m0/s1. The molecule has 1 saturated heterocycles. The maximum atomic E-state index is 12.7. The Labute approximate surface area is 148 Å². The van der Waals surface area contributed by atoms with Gasteiger partial charge in [-0.15, -0.1) is 0 Å². The Morgan fingerprint density at radius 1 is 1.21 bits per heavy atom. The van der Waals surface area contributed by atoms with Crippen LogP contribution in [0.5, 0.6) is 0 Å². The van der Waals surface area contributed by atoms with Crippen molar-refractivity contribution in [2.45, 2.75) is 31.2 Å². The van der Waals surface area contributed by atoms with Crippen molar-refractivity contribution in [1.82, 2.24) is 9.21 Å². The summed E-state index contributed by atoms with van der Waals surface area (Å²) >= 11 is 6.01. The van der Waals surface area contributed by atoms with Crippen molar-refractivity contribution < 1.29 is 13.2 Å². The van der Waals surface area contributed by atoms with Crippen LogP contribution in [0.25, 0.3) is 0 Å². The number of hydrogen-bond donors (Lipinski definition) is 1. The van der Waals surface area contributed by atoms with Crippen LogP contribution in [0.4, 0.5) is 0 Å². The summed E-state index contributed by atoms with van der Waals surface area (Å²) in [6.07, 6.45) is 0.622. The molecule has 2 N–H and O–H groups in total. The Morgan fingerprint density at radius 3 is 2.33 bits per heavy atom. The molecule has 1 aromatic rings. The summed E-state index contributed by atoms with van der Waals surface area (Å²) in [6.45, 7) is 5.20. The van der Waals surface area contributed by atoms with Crippen LogP contribution in [0.3, 0.4) is 0 Å². The highest BCUT2D eigenvalue weighted by atomic mass is 35.5. The van der Waals surface area contributed by atoms with E-state index >= 15 is 0 Å². The topological polar surface area (TPSA) is 83.7 Å². The van der Waals surface area contributed by atoms with Crippen LogP contribution in [0, 0.1) is 5.92 Å². The second-order valence-electron chi connectivity index (χ2n) is 6.40. The molecule has 8 heteroatoms. The zero-order valence-corrected chi connectivity index (χ0v) is 15.6. The van der Waals surface area contributed by atoms with Gasteiger partial charge in [0, 0.05) is 26.2 Å². The van der Waals surface area contributed by atoms with Gasteiger partial charge in [0.25, 0.3) is 0 Å². The summed E-state index contributed by atoms with van der Waals surface area (Å²) in [4.78, 5) is 14.1. The first-order chi connectivity index (χ1) is 11.2. The average Bonchev–Trinajstić information content (AvgIpc) is 2.54. The molecule has 1 aromatic carbocycles. The molecule has 0 aliphatic carbocycles. The second kappa shape index (κ2) is 7.82. The van der Waals surface area contributed by atoms with Crippen molar-refractivity contribution in [3.05, 3.63) is 29.3 Å². The van der Waals surface area contributed by atoms with Crippen molar-refractivity contribution in [1.29, 1.82) is 0 Å². The van der Waals surface area contributed by atoms with Gasteiger partial charge in [0.1, 0.15) is 4.90 Å². The SMILES string of the molecule is CC(C)C[C@H](N)C(=O)N1CCN(S(=O)(=O)c2ccccc2Cl)CC1. The van der Waals surface area contributed by atoms with Gasteiger partial charge in [-0.1, -0.05) is 37.6 Å². The van der Waals surface area contributed by atoms with Crippen molar-refractivity contribution in [2.75, 3.05) is 26.2 Å². The van der Waals surface area contributed by atoms with E-state index in [4.69, 9.17) is 17.3 Å². The zero-order valence-electron chi connectivity index (χ0n) is 14.0. The Hall–Kier alpha value is -1.15. The molecule has 1 heterocycles. The molecule has 1 aliphatic rings. The van der Waals surface area contributed by atoms with Gasteiger partial charge in [0.2, 0.25) is 15.9 Å². The number of nitrogens with two attached hydrogens (primary N) is 1. The highest BCUT2D eigenvalue weighted by Crippen LogP contribution is 2.25. The van der Waals surface area contributed by atoms with E-state index in [1.165, 1.54) is 10.4 Å². The molecule has 1 fully saturated rings. The van der Waals surface area contributed by atoms with Gasteiger partial charge >= 0.3 is 0 Å². The number of benzene rings is 1. The lowest BCUT2D eigenvalue weighted by atomic mass is 10.0. The molecule has 0 saturated carbocycles. The van der Waals surface area contributed by atoms with E-state index in [1.807, 2.05) is 13.8 Å². The van der Waals surface area contributed by atoms with Crippen LogP contribution in [-0.4, -0.2) is 55.8 Å². The van der Waals surface area contributed by atoms with Crippen LogP contribution >= 0.6 is 11.6 Å². The zero-order chi connectivity index (χ0) is 17.9. The van der Waals surface area contributed by atoms with Gasteiger partial charge < -0.3 is 10.6 Å². The molecule has 1 atom stereocenters. The number of nitrogens with zero attached hydrogens (tertiary/aromatic N) is 2. The summed E-state index contributed by atoms with van der Waals surface area (Å²) in [5.41, 5.74) is 5.94. The van der Waals surface area contributed by atoms with Crippen molar-refractivity contribution in [3.8, 4) is 0 Å². The molecule has 1 amide bonds. The second-order valence-corrected chi connectivity index (χ2v) is 8.71. The Kier molecular flexibility index (Phi) is 6.25. The van der Waals surface area contributed by atoms with E-state index < -0.39 is 16.1 Å². The molecule has 0 aromatic heterocycles. The number of amides is 1. The lowest BCUT2D eigenvalue weighted by molar-refractivity contribution is -0.134. The molecule has 0 bridgehead atoms. The minimum absolute atomic E-state index is 0.1000. The molecule has 0 radical (unpaired) electrons. The summed E-state index contributed by atoms with van der Waals surface area (Å²) in [7, 11) is -3.65. The van der Waals surface area contributed by atoms with Gasteiger partial charge in [-0.05, 0) is 24.5 Å². The molecule has 134 valence electrons. The van der Waals surface area contributed by atoms with Crippen molar-refractivity contribution >= 4 is 27.5 Å². The fraction of sp³-hybridized carbons (Fsp3) is 0.562. The predicted molar refractivity (Wildman–Crippen MR) is 94.2 cm³/mol. The molecule has 24 heavy (non-hydrogen) atoms. The van der Waals surface area contributed by atoms with E-state index in [2.05, 4.69) is 0 Å². The third-order valence-electron chi connectivity index (χ3n) is 4.05. The number of rotatable bonds is 5. The number of carbonyl (C=O) groups is 1. The van der Waals surface area contributed by atoms with Gasteiger partial charge in [0.15, 0.2) is 0 Å². The lowest BCUT2D eigenvalue weighted by Gasteiger charge is -2.35. The third kappa shape index (κ3) is 4.27. The normalized spacial score (nSPS) is 18.0. The van der Waals surface area contributed by atoms with Gasteiger partial charge in [0.05, 0.1) is 11.1 Å². The third-order valence-corrected chi connectivity index (χ3v) is 6.45. The Bertz CT molecular complexity index is 686. The van der Waals surface area contributed by atoms with E-state index in [0.29, 0.717) is 25.4 Å². The summed E-state index contributed by atoms with van der Waals surface area (Å²) in [5.74, 6) is 0.226. The van der Waals surface area contributed by atoms with Crippen LogP contribution in [0.1, 0.15) is 20.3 Å². The van der Waals surface area contributed by atoms with E-state index in [-0.39, 0.29) is 28.9 Å². The maximum absolute atomic E-state index is 12.7. The van der Waals surface area contributed by atoms with Crippen LogP contribution in [0.15, 0.2) is 29.2 Å². The monoisotopic (exact) mass is 373 g/mol. The van der Waals surface area contributed by atoms with E-state index in [0.717, 1.165) is 0 Å². The largest absolute Gasteiger partial charge is 0.339 e. The number of hydrogen-bond acceptors (Lipinski definition) is 4. The number of sulfonamides is 1. The first-order valence-electron chi connectivity index (χ1n) is 8.02. The first-order valence-corrected chi connectivity index (χ1v) is 9.84. The Morgan fingerprint density at radius 2 is 1.79 bits per heavy atom. The minimum Gasteiger partial charge on any atom is -0.339 e. The van der Waals surface area contributed by atoms with Gasteiger partial charge in [-0.2, -0.15) is 4.31 Å². The van der Waals surface area contributed by atoms with E-state index in [1.54, 1.807) is 23.1 Å².